The van der Waals surface area contributed by atoms with Crippen LogP contribution in [0.15, 0.2) is 40.5 Å². The summed E-state index contributed by atoms with van der Waals surface area (Å²) in [5, 5.41) is 3.24. The number of nitrogens with one attached hydrogen (secondary N) is 1. The summed E-state index contributed by atoms with van der Waals surface area (Å²) in [6, 6.07) is 4.06. The van der Waals surface area contributed by atoms with Gasteiger partial charge in [-0.2, -0.15) is 0 Å². The standard InChI is InChI=1S/C28H32N8O2S/c1-4-39-19-11-10-18(29-13-19)12-30-25-28(37)36(21-7-5-6-16(21)2)26-20(34-25)14-31-24(35-26)22-23(17-8-9-17)32-15-33-27(22)38-3/h10-11,13-17,21H,4-9,12H2,1-3H3,(H,30,34)/t16-,21-/m0/s1. The number of rotatable bonds is 9. The minimum atomic E-state index is -0.178. The van der Waals surface area contributed by atoms with Gasteiger partial charge in [0, 0.05) is 23.1 Å². The molecule has 11 heteroatoms. The molecule has 1 N–H and O–H groups in total. The fourth-order valence-electron chi connectivity index (χ4n) is 5.41. The molecule has 0 saturated heterocycles. The molecule has 202 valence electrons. The fraction of sp³-hybridized carbons (Fsp3) is 0.464. The number of nitrogens with zero attached hydrogens (tertiary/aromatic N) is 7. The highest BCUT2D eigenvalue weighted by Crippen LogP contribution is 2.45. The average Bonchev–Trinajstić information content (AvgIpc) is 3.73. The molecule has 2 aliphatic carbocycles. The number of anilines is 1. The zero-order valence-corrected chi connectivity index (χ0v) is 23.2. The predicted octanol–water partition coefficient (Wildman–Crippen LogP) is 5.01. The molecule has 0 aromatic carbocycles. The molecule has 4 heterocycles. The molecule has 0 aliphatic heterocycles. The van der Waals surface area contributed by atoms with E-state index in [4.69, 9.17) is 9.72 Å². The molecular formula is C28H32N8O2S. The summed E-state index contributed by atoms with van der Waals surface area (Å²) >= 11 is 1.75. The van der Waals surface area contributed by atoms with Crippen LogP contribution in [-0.2, 0) is 6.54 Å². The van der Waals surface area contributed by atoms with E-state index in [0.717, 1.165) is 54.1 Å². The van der Waals surface area contributed by atoms with E-state index in [1.54, 1.807) is 25.1 Å². The SMILES string of the molecule is CCSc1ccc(CNc2nc3cnc(-c4c(OC)ncnc4C4CC4)nc3n([C@H]3CCC[C@@H]3C)c2=O)nc1. The van der Waals surface area contributed by atoms with Crippen LogP contribution in [0.3, 0.4) is 0 Å². The lowest BCUT2D eigenvalue weighted by molar-refractivity contribution is 0.397. The van der Waals surface area contributed by atoms with Crippen molar-refractivity contribution in [2.24, 2.45) is 5.92 Å². The summed E-state index contributed by atoms with van der Waals surface area (Å²) in [6.07, 6.45) is 10.3. The number of thioether (sulfide) groups is 1. The Morgan fingerprint density at radius 1 is 1.08 bits per heavy atom. The van der Waals surface area contributed by atoms with Crippen molar-refractivity contribution in [3.8, 4) is 17.3 Å². The fourth-order valence-corrected chi connectivity index (χ4v) is 6.03. The second-order valence-electron chi connectivity index (χ2n) is 10.2. The predicted molar refractivity (Wildman–Crippen MR) is 151 cm³/mol. The van der Waals surface area contributed by atoms with E-state index in [1.807, 2.05) is 16.8 Å². The van der Waals surface area contributed by atoms with Gasteiger partial charge in [-0.25, -0.2) is 24.9 Å². The molecule has 0 amide bonds. The Bertz CT molecular complexity index is 1550. The maximum Gasteiger partial charge on any atom is 0.295 e. The van der Waals surface area contributed by atoms with Gasteiger partial charge in [-0.15, -0.1) is 11.8 Å². The van der Waals surface area contributed by atoms with Gasteiger partial charge in [0.05, 0.1) is 31.2 Å². The molecule has 0 bridgehead atoms. The van der Waals surface area contributed by atoms with Gasteiger partial charge in [-0.1, -0.05) is 20.3 Å². The largest absolute Gasteiger partial charge is 0.480 e. The van der Waals surface area contributed by atoms with Gasteiger partial charge < -0.3 is 10.1 Å². The van der Waals surface area contributed by atoms with E-state index >= 15 is 0 Å². The lowest BCUT2D eigenvalue weighted by atomic mass is 10.1. The number of fused-ring (bicyclic) bond motifs is 1. The van der Waals surface area contributed by atoms with Crippen LogP contribution in [0.25, 0.3) is 22.6 Å². The first kappa shape index (κ1) is 25.7. The van der Waals surface area contributed by atoms with Crippen molar-refractivity contribution in [1.82, 2.24) is 34.5 Å². The van der Waals surface area contributed by atoms with E-state index in [1.165, 1.54) is 6.33 Å². The Kier molecular flexibility index (Phi) is 7.16. The highest BCUT2D eigenvalue weighted by atomic mass is 32.2. The van der Waals surface area contributed by atoms with E-state index in [9.17, 15) is 4.79 Å². The van der Waals surface area contributed by atoms with Crippen molar-refractivity contribution in [2.75, 3.05) is 18.2 Å². The molecule has 4 aromatic heterocycles. The van der Waals surface area contributed by atoms with Crippen molar-refractivity contribution in [3.63, 3.8) is 0 Å². The maximum absolute atomic E-state index is 13.9. The third-order valence-corrected chi connectivity index (χ3v) is 8.41. The molecule has 2 aliphatic rings. The first-order chi connectivity index (χ1) is 19.1. The zero-order valence-electron chi connectivity index (χ0n) is 22.4. The Hall–Kier alpha value is -3.60. The lowest BCUT2D eigenvalue weighted by Gasteiger charge is -2.21. The first-order valence-electron chi connectivity index (χ1n) is 13.6. The summed E-state index contributed by atoms with van der Waals surface area (Å²) in [4.78, 5) is 42.8. The van der Waals surface area contributed by atoms with Crippen LogP contribution >= 0.6 is 11.8 Å². The third kappa shape index (κ3) is 5.07. The van der Waals surface area contributed by atoms with Gasteiger partial charge in [0.2, 0.25) is 5.88 Å². The second-order valence-corrected chi connectivity index (χ2v) is 11.5. The van der Waals surface area contributed by atoms with Crippen LogP contribution < -0.4 is 15.6 Å². The number of hydrogen-bond donors (Lipinski definition) is 1. The van der Waals surface area contributed by atoms with Crippen molar-refractivity contribution in [3.05, 3.63) is 52.6 Å². The van der Waals surface area contributed by atoms with Gasteiger partial charge in [0.25, 0.3) is 5.56 Å². The van der Waals surface area contributed by atoms with Gasteiger partial charge in [-0.05, 0) is 49.5 Å². The molecule has 2 fully saturated rings. The van der Waals surface area contributed by atoms with Crippen LogP contribution in [0, 0.1) is 5.92 Å². The number of hydrogen-bond acceptors (Lipinski definition) is 10. The molecule has 2 atom stereocenters. The zero-order chi connectivity index (χ0) is 26.9. The minimum absolute atomic E-state index is 0.0339. The van der Waals surface area contributed by atoms with Crippen LogP contribution in [0.4, 0.5) is 5.82 Å². The topological polar surface area (TPSA) is 121 Å². The molecular weight excluding hydrogens is 512 g/mol. The van der Waals surface area contributed by atoms with Gasteiger partial charge in [0.1, 0.15) is 17.4 Å². The minimum Gasteiger partial charge on any atom is -0.480 e. The summed E-state index contributed by atoms with van der Waals surface area (Å²) < 4.78 is 7.41. The summed E-state index contributed by atoms with van der Waals surface area (Å²) in [5.74, 6) is 2.87. The Balaban J connectivity index is 1.43. The van der Waals surface area contributed by atoms with Crippen LogP contribution in [0.2, 0.25) is 0 Å². The summed E-state index contributed by atoms with van der Waals surface area (Å²) in [7, 11) is 1.59. The third-order valence-electron chi connectivity index (χ3n) is 7.55. The maximum atomic E-state index is 13.9. The molecule has 0 unspecified atom stereocenters. The highest BCUT2D eigenvalue weighted by Gasteiger charge is 2.33. The van der Waals surface area contributed by atoms with Crippen molar-refractivity contribution >= 4 is 28.7 Å². The second kappa shape index (κ2) is 10.9. The Morgan fingerprint density at radius 2 is 1.95 bits per heavy atom. The van der Waals surface area contributed by atoms with Crippen LogP contribution in [0.1, 0.15) is 69.3 Å². The molecule has 10 nitrogen and oxygen atoms in total. The van der Waals surface area contributed by atoms with E-state index < -0.39 is 0 Å². The van der Waals surface area contributed by atoms with Gasteiger partial charge in [0.15, 0.2) is 17.3 Å². The summed E-state index contributed by atoms with van der Waals surface area (Å²) in [6.45, 7) is 4.71. The molecule has 2 saturated carbocycles. The highest BCUT2D eigenvalue weighted by molar-refractivity contribution is 7.99. The Morgan fingerprint density at radius 3 is 2.64 bits per heavy atom. The normalized spacial score (nSPS) is 18.9. The summed E-state index contributed by atoms with van der Waals surface area (Å²) in [5.41, 5.74) is 3.34. The van der Waals surface area contributed by atoms with Gasteiger partial charge >= 0.3 is 0 Å². The van der Waals surface area contributed by atoms with E-state index in [2.05, 4.69) is 50.2 Å². The number of pyridine rings is 1. The van der Waals surface area contributed by atoms with E-state index in [0.29, 0.717) is 46.8 Å². The molecule has 39 heavy (non-hydrogen) atoms. The smallest absolute Gasteiger partial charge is 0.295 e. The van der Waals surface area contributed by atoms with Crippen molar-refractivity contribution < 1.29 is 4.74 Å². The average molecular weight is 545 g/mol. The lowest BCUT2D eigenvalue weighted by Crippen LogP contribution is -2.30. The van der Waals surface area contributed by atoms with Crippen LogP contribution in [-0.4, -0.2) is 47.3 Å². The molecule has 0 spiro atoms. The monoisotopic (exact) mass is 544 g/mol. The molecule has 4 aromatic rings. The molecule has 0 radical (unpaired) electrons. The number of methoxy groups -OCH3 is 1. The number of ether oxygens (including phenoxy) is 1. The number of aromatic nitrogens is 7. The van der Waals surface area contributed by atoms with Crippen molar-refractivity contribution in [1.29, 1.82) is 0 Å². The van der Waals surface area contributed by atoms with E-state index in [-0.39, 0.29) is 17.4 Å². The van der Waals surface area contributed by atoms with Gasteiger partial charge in [-0.3, -0.25) is 14.3 Å². The first-order valence-corrected chi connectivity index (χ1v) is 14.6. The van der Waals surface area contributed by atoms with Crippen molar-refractivity contribution in [2.45, 2.75) is 69.4 Å². The quantitative estimate of drug-likeness (QED) is 0.288. The molecule has 6 rings (SSSR count). The Labute approximate surface area is 231 Å². The van der Waals surface area contributed by atoms with Crippen LogP contribution in [0.5, 0.6) is 5.88 Å².